The lowest BCUT2D eigenvalue weighted by Crippen LogP contribution is -2.46. The summed E-state index contributed by atoms with van der Waals surface area (Å²) in [6, 6.07) is 8.75. The lowest BCUT2D eigenvalue weighted by Gasteiger charge is -2.35. The number of fused-ring (bicyclic) bond motifs is 1. The monoisotopic (exact) mass is 312 g/mol. The molecule has 0 spiro atoms. The van der Waals surface area contributed by atoms with Gasteiger partial charge in [0.25, 0.3) is 0 Å². The van der Waals surface area contributed by atoms with Gasteiger partial charge in [-0.15, -0.1) is 10.2 Å². The van der Waals surface area contributed by atoms with Crippen molar-refractivity contribution in [3.05, 3.63) is 54.2 Å². The molecule has 0 aliphatic carbocycles. The largest absolute Gasteiger partial charge is 0.368 e. The van der Waals surface area contributed by atoms with Gasteiger partial charge in [-0.3, -0.25) is 4.90 Å². The number of aromatic nitrogens is 4. The summed E-state index contributed by atoms with van der Waals surface area (Å²) in [6.45, 7) is 4.67. The third-order valence-corrected chi connectivity index (χ3v) is 4.20. The minimum Gasteiger partial charge on any atom is -0.368 e. The number of halogens is 1. The van der Waals surface area contributed by atoms with Crippen LogP contribution in [0.3, 0.4) is 0 Å². The molecule has 23 heavy (non-hydrogen) atoms. The van der Waals surface area contributed by atoms with E-state index in [0.717, 1.165) is 49.6 Å². The standard InChI is InChI=1S/C16H17FN6/c17-14-3-1-13(2-4-14)11-21-5-7-22(8-6-21)15-9-16-20-18-12-23(16)19-10-15/h1-4,9-10,12H,5-8,11H2. The van der Waals surface area contributed by atoms with Crippen LogP contribution in [0.5, 0.6) is 0 Å². The first kappa shape index (κ1) is 14.1. The average Bonchev–Trinajstić information content (AvgIpc) is 3.05. The van der Waals surface area contributed by atoms with E-state index in [0.29, 0.717) is 0 Å². The molecule has 1 aromatic carbocycles. The van der Waals surface area contributed by atoms with E-state index in [1.54, 1.807) is 10.8 Å². The molecular weight excluding hydrogens is 295 g/mol. The summed E-state index contributed by atoms with van der Waals surface area (Å²) in [6.07, 6.45) is 3.45. The number of anilines is 1. The van der Waals surface area contributed by atoms with E-state index in [-0.39, 0.29) is 5.82 Å². The number of nitrogens with zero attached hydrogens (tertiary/aromatic N) is 6. The van der Waals surface area contributed by atoms with Crippen molar-refractivity contribution in [1.82, 2.24) is 24.7 Å². The zero-order chi connectivity index (χ0) is 15.6. The van der Waals surface area contributed by atoms with Crippen molar-refractivity contribution in [1.29, 1.82) is 0 Å². The first-order valence-electron chi connectivity index (χ1n) is 7.66. The predicted molar refractivity (Wildman–Crippen MR) is 84.7 cm³/mol. The Morgan fingerprint density at radius 3 is 2.61 bits per heavy atom. The van der Waals surface area contributed by atoms with Crippen LogP contribution in [0.1, 0.15) is 5.56 Å². The van der Waals surface area contributed by atoms with Crippen molar-refractivity contribution < 1.29 is 4.39 Å². The SMILES string of the molecule is Fc1ccc(CN2CCN(c3cnn4cnnc4c3)CC2)cc1. The van der Waals surface area contributed by atoms with Crippen LogP contribution in [0.25, 0.3) is 5.65 Å². The minimum absolute atomic E-state index is 0.185. The van der Waals surface area contributed by atoms with Crippen molar-refractivity contribution >= 4 is 11.3 Å². The lowest BCUT2D eigenvalue weighted by molar-refractivity contribution is 0.249. The fraction of sp³-hybridized carbons (Fsp3) is 0.312. The second kappa shape index (κ2) is 5.92. The molecular formula is C16H17FN6. The molecule has 6 nitrogen and oxygen atoms in total. The van der Waals surface area contributed by atoms with Crippen molar-refractivity contribution in [3.63, 3.8) is 0 Å². The highest BCUT2D eigenvalue weighted by atomic mass is 19.1. The Bertz CT molecular complexity index is 792. The van der Waals surface area contributed by atoms with Gasteiger partial charge in [0.1, 0.15) is 12.1 Å². The number of benzene rings is 1. The minimum atomic E-state index is -0.185. The molecule has 0 N–H and O–H groups in total. The van der Waals surface area contributed by atoms with Crippen molar-refractivity contribution in [2.24, 2.45) is 0 Å². The van der Waals surface area contributed by atoms with Gasteiger partial charge in [0.15, 0.2) is 5.65 Å². The average molecular weight is 312 g/mol. The molecule has 0 bridgehead atoms. The molecule has 0 atom stereocenters. The van der Waals surface area contributed by atoms with Crippen LogP contribution in [-0.4, -0.2) is 50.9 Å². The number of rotatable bonds is 3. The van der Waals surface area contributed by atoms with E-state index >= 15 is 0 Å². The van der Waals surface area contributed by atoms with E-state index in [4.69, 9.17) is 0 Å². The van der Waals surface area contributed by atoms with E-state index in [9.17, 15) is 4.39 Å². The molecule has 0 radical (unpaired) electrons. The van der Waals surface area contributed by atoms with E-state index in [1.165, 1.54) is 12.1 Å². The normalized spacial score (nSPS) is 16.1. The molecule has 4 rings (SSSR count). The fourth-order valence-electron chi connectivity index (χ4n) is 2.90. The van der Waals surface area contributed by atoms with Crippen LogP contribution in [0, 0.1) is 5.82 Å². The molecule has 1 fully saturated rings. The molecule has 2 aromatic heterocycles. The number of piperazine rings is 1. The molecule has 3 heterocycles. The van der Waals surface area contributed by atoms with Crippen molar-refractivity contribution in [3.8, 4) is 0 Å². The van der Waals surface area contributed by atoms with Crippen molar-refractivity contribution in [2.75, 3.05) is 31.1 Å². The highest BCUT2D eigenvalue weighted by Crippen LogP contribution is 2.17. The van der Waals surface area contributed by atoms with Gasteiger partial charge in [-0.1, -0.05) is 12.1 Å². The zero-order valence-corrected chi connectivity index (χ0v) is 12.6. The van der Waals surface area contributed by atoms with Crippen LogP contribution in [-0.2, 0) is 6.54 Å². The summed E-state index contributed by atoms with van der Waals surface area (Å²) < 4.78 is 14.6. The van der Waals surface area contributed by atoms with Gasteiger partial charge in [-0.2, -0.15) is 5.10 Å². The highest BCUT2D eigenvalue weighted by Gasteiger charge is 2.18. The number of hydrogen-bond donors (Lipinski definition) is 0. The van der Waals surface area contributed by atoms with Crippen LogP contribution in [0.4, 0.5) is 10.1 Å². The Labute approximate surface area is 133 Å². The Morgan fingerprint density at radius 1 is 1.04 bits per heavy atom. The molecule has 118 valence electrons. The fourth-order valence-corrected chi connectivity index (χ4v) is 2.90. The van der Waals surface area contributed by atoms with Gasteiger partial charge in [0.2, 0.25) is 0 Å². The quantitative estimate of drug-likeness (QED) is 0.735. The lowest BCUT2D eigenvalue weighted by atomic mass is 10.2. The zero-order valence-electron chi connectivity index (χ0n) is 12.6. The van der Waals surface area contributed by atoms with E-state index in [2.05, 4.69) is 25.1 Å². The summed E-state index contributed by atoms with van der Waals surface area (Å²) >= 11 is 0. The molecule has 0 amide bonds. The Morgan fingerprint density at radius 2 is 1.83 bits per heavy atom. The smallest absolute Gasteiger partial charge is 0.179 e. The Balaban J connectivity index is 1.39. The molecule has 0 unspecified atom stereocenters. The van der Waals surface area contributed by atoms with Gasteiger partial charge in [0.05, 0.1) is 11.9 Å². The topological polar surface area (TPSA) is 49.6 Å². The summed E-state index contributed by atoms with van der Waals surface area (Å²) in [5.74, 6) is -0.185. The Hall–Kier alpha value is -2.54. The predicted octanol–water partition coefficient (Wildman–Crippen LogP) is 1.59. The van der Waals surface area contributed by atoms with Crippen molar-refractivity contribution in [2.45, 2.75) is 6.54 Å². The second-order valence-corrected chi connectivity index (χ2v) is 5.74. The summed E-state index contributed by atoms with van der Waals surface area (Å²) in [7, 11) is 0. The molecule has 1 saturated heterocycles. The van der Waals surface area contributed by atoms with Crippen LogP contribution in [0.2, 0.25) is 0 Å². The molecule has 1 aliphatic rings. The first-order valence-corrected chi connectivity index (χ1v) is 7.66. The third-order valence-electron chi connectivity index (χ3n) is 4.20. The number of hydrogen-bond acceptors (Lipinski definition) is 5. The maximum atomic E-state index is 13.0. The van der Waals surface area contributed by atoms with Gasteiger partial charge < -0.3 is 4.90 Å². The summed E-state index contributed by atoms with van der Waals surface area (Å²) in [5, 5.41) is 12.2. The second-order valence-electron chi connectivity index (χ2n) is 5.74. The summed E-state index contributed by atoms with van der Waals surface area (Å²) in [4.78, 5) is 4.69. The van der Waals surface area contributed by atoms with Crippen LogP contribution >= 0.6 is 0 Å². The maximum Gasteiger partial charge on any atom is 0.179 e. The first-order chi connectivity index (χ1) is 11.3. The van der Waals surface area contributed by atoms with Gasteiger partial charge in [-0.25, -0.2) is 8.91 Å². The summed E-state index contributed by atoms with van der Waals surface area (Å²) in [5.41, 5.74) is 2.98. The molecule has 3 aromatic rings. The van der Waals surface area contributed by atoms with Crippen LogP contribution in [0.15, 0.2) is 42.9 Å². The molecule has 1 aliphatic heterocycles. The maximum absolute atomic E-state index is 13.0. The van der Waals surface area contributed by atoms with E-state index in [1.807, 2.05) is 24.4 Å². The molecule has 0 saturated carbocycles. The third kappa shape index (κ3) is 3.00. The molecule has 7 heteroatoms. The van der Waals surface area contributed by atoms with Gasteiger partial charge in [0, 0.05) is 38.8 Å². The highest BCUT2D eigenvalue weighted by molar-refractivity contribution is 5.53. The van der Waals surface area contributed by atoms with Gasteiger partial charge >= 0.3 is 0 Å². The van der Waals surface area contributed by atoms with Crippen LogP contribution < -0.4 is 4.90 Å². The van der Waals surface area contributed by atoms with Gasteiger partial charge in [-0.05, 0) is 17.7 Å². The van der Waals surface area contributed by atoms with E-state index < -0.39 is 0 Å². The Kier molecular flexibility index (Phi) is 3.63.